The Kier molecular flexibility index (Phi) is 11.0. The van der Waals surface area contributed by atoms with Gasteiger partial charge in [-0.15, -0.1) is 0 Å². The molecule has 0 aliphatic carbocycles. The van der Waals surface area contributed by atoms with E-state index in [1.54, 1.807) is 36.4 Å². The van der Waals surface area contributed by atoms with Crippen LogP contribution in [0.1, 0.15) is 32.8 Å². The van der Waals surface area contributed by atoms with E-state index in [1.807, 2.05) is 51.1 Å². The van der Waals surface area contributed by atoms with Crippen molar-refractivity contribution in [2.75, 3.05) is 24.5 Å². The molecule has 8 nitrogen and oxygen atoms in total. The largest absolute Gasteiger partial charge is 0.497 e. The van der Waals surface area contributed by atoms with Gasteiger partial charge in [0.1, 0.15) is 18.3 Å². The number of nitrogens with zero attached hydrogens (tertiary/aromatic N) is 2. The van der Waals surface area contributed by atoms with Crippen molar-refractivity contribution in [1.29, 1.82) is 0 Å². The van der Waals surface area contributed by atoms with E-state index in [0.717, 1.165) is 9.87 Å². The fourth-order valence-corrected chi connectivity index (χ4v) is 5.83. The average Bonchev–Trinajstić information content (AvgIpc) is 2.94. The molecule has 3 aromatic rings. The second kappa shape index (κ2) is 14.2. The van der Waals surface area contributed by atoms with Crippen LogP contribution in [0.3, 0.4) is 0 Å². The van der Waals surface area contributed by atoms with Gasteiger partial charge in [-0.1, -0.05) is 48.9 Å². The van der Waals surface area contributed by atoms with E-state index in [0.29, 0.717) is 23.6 Å². The maximum atomic E-state index is 14.0. The summed E-state index contributed by atoms with van der Waals surface area (Å²) in [6.07, 6.45) is 0.871. The molecule has 40 heavy (non-hydrogen) atoms. The lowest BCUT2D eigenvalue weighted by Crippen LogP contribution is -2.54. The Balaban J connectivity index is 2.00. The fraction of sp³-hybridized carbons (Fsp3) is 0.333. The summed E-state index contributed by atoms with van der Waals surface area (Å²) in [6.45, 7) is 5.27. The fourth-order valence-electron chi connectivity index (χ4n) is 4.29. The highest BCUT2D eigenvalue weighted by Crippen LogP contribution is 2.27. The third-order valence-electron chi connectivity index (χ3n) is 6.34. The van der Waals surface area contributed by atoms with E-state index in [2.05, 4.69) is 5.32 Å². The first-order valence-electron chi connectivity index (χ1n) is 13.1. The van der Waals surface area contributed by atoms with E-state index < -0.39 is 28.5 Å². The number of nitrogens with one attached hydrogen (secondary N) is 1. The lowest BCUT2D eigenvalue weighted by Gasteiger charge is -2.33. The number of hydrogen-bond acceptors (Lipinski definition) is 5. The molecule has 0 aliphatic rings. The van der Waals surface area contributed by atoms with E-state index >= 15 is 0 Å². The average molecular weight is 586 g/mol. The van der Waals surface area contributed by atoms with Gasteiger partial charge < -0.3 is 15.0 Å². The summed E-state index contributed by atoms with van der Waals surface area (Å²) in [6, 6.07) is 20.9. The molecule has 0 fully saturated rings. The number of halogens is 1. The molecule has 214 valence electrons. The summed E-state index contributed by atoms with van der Waals surface area (Å²) in [5, 5.41) is 3.32. The first-order chi connectivity index (χ1) is 19.1. The van der Waals surface area contributed by atoms with Crippen LogP contribution in [0.5, 0.6) is 5.75 Å². The molecular weight excluding hydrogens is 550 g/mol. The van der Waals surface area contributed by atoms with E-state index in [1.165, 1.54) is 24.1 Å². The Morgan fingerprint density at radius 2 is 1.57 bits per heavy atom. The lowest BCUT2D eigenvalue weighted by molar-refractivity contribution is -0.139. The number of rotatable bonds is 13. The molecule has 1 N–H and O–H groups in total. The highest BCUT2D eigenvalue weighted by Gasteiger charge is 2.33. The summed E-state index contributed by atoms with van der Waals surface area (Å²) in [5.74, 6) is -0.272. The number of hydrogen-bond donors (Lipinski definition) is 1. The molecule has 0 aromatic heterocycles. The summed E-state index contributed by atoms with van der Waals surface area (Å²) in [5.41, 5.74) is 1.27. The number of carbonyl (C=O) groups is 2. The van der Waals surface area contributed by atoms with Crippen molar-refractivity contribution < 1.29 is 22.7 Å². The Morgan fingerprint density at radius 1 is 0.950 bits per heavy atom. The van der Waals surface area contributed by atoms with Crippen LogP contribution in [0.15, 0.2) is 83.8 Å². The lowest BCUT2D eigenvalue weighted by atomic mass is 10.1. The standard InChI is InChI=1S/C30H36ClN3O5S/c1-5-28(30(36)32-22(2)3)33(20-19-23-9-7-6-8-10-23)29(35)21-34(25-13-11-24(31)12-14-25)40(37,38)27-17-15-26(39-4)16-18-27/h6-18,22,28H,5,19-21H2,1-4H3,(H,32,36)/t28-/m1/s1. The monoisotopic (exact) mass is 585 g/mol. The van der Waals surface area contributed by atoms with E-state index in [9.17, 15) is 18.0 Å². The Morgan fingerprint density at radius 3 is 2.12 bits per heavy atom. The second-order valence-electron chi connectivity index (χ2n) is 9.57. The minimum absolute atomic E-state index is 0.00326. The Hall–Kier alpha value is -3.56. The summed E-state index contributed by atoms with van der Waals surface area (Å²) in [4.78, 5) is 28.6. The smallest absolute Gasteiger partial charge is 0.264 e. The first-order valence-corrected chi connectivity index (χ1v) is 14.9. The number of amides is 2. The van der Waals surface area contributed by atoms with Gasteiger partial charge in [-0.25, -0.2) is 8.42 Å². The maximum absolute atomic E-state index is 14.0. The molecule has 10 heteroatoms. The minimum Gasteiger partial charge on any atom is -0.497 e. The molecule has 0 bridgehead atoms. The van der Waals surface area contributed by atoms with E-state index in [-0.39, 0.29) is 29.1 Å². The van der Waals surface area contributed by atoms with Crippen LogP contribution in [0.4, 0.5) is 5.69 Å². The Labute approximate surface area is 241 Å². The van der Waals surface area contributed by atoms with Crippen LogP contribution in [0.2, 0.25) is 5.02 Å². The van der Waals surface area contributed by atoms with Gasteiger partial charge in [0.15, 0.2) is 0 Å². The number of anilines is 1. The van der Waals surface area contributed by atoms with Crippen LogP contribution in [-0.2, 0) is 26.0 Å². The van der Waals surface area contributed by atoms with Gasteiger partial charge in [0.25, 0.3) is 10.0 Å². The zero-order chi connectivity index (χ0) is 29.3. The molecule has 0 radical (unpaired) electrons. The van der Waals surface area contributed by atoms with Crippen LogP contribution in [-0.4, -0.2) is 57.4 Å². The summed E-state index contributed by atoms with van der Waals surface area (Å²) >= 11 is 6.07. The first kappa shape index (κ1) is 31.0. The van der Waals surface area contributed by atoms with E-state index in [4.69, 9.17) is 16.3 Å². The van der Waals surface area contributed by atoms with Gasteiger partial charge in [-0.3, -0.25) is 13.9 Å². The van der Waals surface area contributed by atoms with Crippen molar-refractivity contribution in [1.82, 2.24) is 10.2 Å². The Bertz CT molecular complexity index is 1360. The number of methoxy groups -OCH3 is 1. The van der Waals surface area contributed by atoms with Crippen molar-refractivity contribution in [3.05, 3.63) is 89.4 Å². The van der Waals surface area contributed by atoms with Crippen molar-refractivity contribution in [2.45, 2.75) is 50.6 Å². The van der Waals surface area contributed by atoms with Gasteiger partial charge in [0.2, 0.25) is 11.8 Å². The second-order valence-corrected chi connectivity index (χ2v) is 11.9. The molecule has 0 aliphatic heterocycles. The molecule has 0 unspecified atom stereocenters. The maximum Gasteiger partial charge on any atom is 0.264 e. The van der Waals surface area contributed by atoms with Gasteiger partial charge in [0, 0.05) is 17.6 Å². The molecule has 3 rings (SSSR count). The van der Waals surface area contributed by atoms with Crippen LogP contribution in [0.25, 0.3) is 0 Å². The SMILES string of the molecule is CC[C@H](C(=O)NC(C)C)N(CCc1ccccc1)C(=O)CN(c1ccc(Cl)cc1)S(=O)(=O)c1ccc(OC)cc1. The number of benzene rings is 3. The van der Waals surface area contributed by atoms with Gasteiger partial charge in [0.05, 0.1) is 17.7 Å². The molecular formula is C30H36ClN3O5S. The number of carbonyl (C=O) groups excluding carboxylic acids is 2. The van der Waals surface area contributed by atoms with Crippen LogP contribution >= 0.6 is 11.6 Å². The van der Waals surface area contributed by atoms with Crippen molar-refractivity contribution in [3.63, 3.8) is 0 Å². The molecule has 0 heterocycles. The number of sulfonamides is 1. The van der Waals surface area contributed by atoms with Gasteiger partial charge in [-0.2, -0.15) is 0 Å². The van der Waals surface area contributed by atoms with Crippen molar-refractivity contribution in [3.8, 4) is 5.75 Å². The third kappa shape index (κ3) is 7.99. The van der Waals surface area contributed by atoms with Crippen molar-refractivity contribution >= 4 is 39.1 Å². The molecule has 2 amide bonds. The zero-order valence-corrected chi connectivity index (χ0v) is 24.8. The quantitative estimate of drug-likeness (QED) is 0.307. The number of ether oxygens (including phenoxy) is 1. The highest BCUT2D eigenvalue weighted by atomic mass is 35.5. The topological polar surface area (TPSA) is 96.0 Å². The van der Waals surface area contributed by atoms with Gasteiger partial charge in [-0.05, 0) is 80.8 Å². The molecule has 0 spiro atoms. The van der Waals surface area contributed by atoms with Crippen LogP contribution in [0, 0.1) is 0 Å². The van der Waals surface area contributed by atoms with Gasteiger partial charge >= 0.3 is 0 Å². The van der Waals surface area contributed by atoms with Crippen molar-refractivity contribution in [2.24, 2.45) is 0 Å². The predicted octanol–water partition coefficient (Wildman–Crippen LogP) is 4.92. The van der Waals surface area contributed by atoms with Crippen LogP contribution < -0.4 is 14.4 Å². The minimum atomic E-state index is -4.17. The molecule has 0 saturated carbocycles. The highest BCUT2D eigenvalue weighted by molar-refractivity contribution is 7.92. The zero-order valence-electron chi connectivity index (χ0n) is 23.2. The molecule has 3 aromatic carbocycles. The predicted molar refractivity (Wildman–Crippen MR) is 158 cm³/mol. The molecule has 1 atom stereocenters. The molecule has 0 saturated heterocycles. The summed E-state index contributed by atoms with van der Waals surface area (Å²) < 4.78 is 34.0. The normalized spacial score (nSPS) is 12.1. The summed E-state index contributed by atoms with van der Waals surface area (Å²) in [7, 11) is -2.68. The third-order valence-corrected chi connectivity index (χ3v) is 8.38.